The van der Waals surface area contributed by atoms with E-state index in [0.29, 0.717) is 12.5 Å². The second-order valence-electron chi connectivity index (χ2n) is 7.48. The molecule has 1 aromatic rings. The predicted octanol–water partition coefficient (Wildman–Crippen LogP) is 3.08. The summed E-state index contributed by atoms with van der Waals surface area (Å²) in [6, 6.07) is 9.21. The number of benzene rings is 1. The van der Waals surface area contributed by atoms with E-state index < -0.39 is 43.1 Å². The number of likely N-dealkylation sites (tertiary alicyclic amines) is 1. The first-order valence-corrected chi connectivity index (χ1v) is 8.49. The zero-order chi connectivity index (χ0) is 19.1. The molecular formula is C18H21F3N2O3. The fourth-order valence-electron chi connectivity index (χ4n) is 3.75. The second kappa shape index (κ2) is 6.48. The highest BCUT2D eigenvalue weighted by Crippen LogP contribution is 2.58. The van der Waals surface area contributed by atoms with E-state index in [1.54, 1.807) is 0 Å². The van der Waals surface area contributed by atoms with Gasteiger partial charge in [-0.3, -0.25) is 4.79 Å². The summed E-state index contributed by atoms with van der Waals surface area (Å²) in [7, 11) is 0. The molecule has 3 rings (SSSR count). The van der Waals surface area contributed by atoms with E-state index in [9.17, 15) is 22.8 Å². The van der Waals surface area contributed by atoms with Crippen LogP contribution in [-0.4, -0.2) is 47.8 Å². The lowest BCUT2D eigenvalue weighted by Gasteiger charge is -2.20. The largest absolute Gasteiger partial charge is 0.481 e. The first-order valence-electron chi connectivity index (χ1n) is 8.49. The Balaban J connectivity index is 1.57. The summed E-state index contributed by atoms with van der Waals surface area (Å²) >= 11 is 0. The van der Waals surface area contributed by atoms with E-state index in [0.717, 1.165) is 11.3 Å². The van der Waals surface area contributed by atoms with Crippen LogP contribution >= 0.6 is 0 Å². The van der Waals surface area contributed by atoms with Gasteiger partial charge < -0.3 is 15.3 Å². The summed E-state index contributed by atoms with van der Waals surface area (Å²) < 4.78 is 39.0. The molecule has 142 valence electrons. The molecule has 8 heteroatoms. The van der Waals surface area contributed by atoms with E-state index in [2.05, 4.69) is 5.32 Å². The highest BCUT2D eigenvalue weighted by atomic mass is 19.4. The molecule has 1 saturated heterocycles. The molecule has 5 nitrogen and oxygen atoms in total. The maximum Gasteiger partial charge on any atom is 0.394 e. The van der Waals surface area contributed by atoms with Gasteiger partial charge in [-0.15, -0.1) is 0 Å². The molecule has 4 atom stereocenters. The lowest BCUT2D eigenvalue weighted by Crippen LogP contribution is -2.41. The SMILES string of the molecule is C[C@@]1(CNC(=O)N2C[C@@H](C(F)(F)F)[C@H](C(=O)O)C2)C[C@H]1c1ccccc1. The standard InChI is InChI=1S/C18H21F3N2O3/c1-17(7-13(17)11-5-3-2-4-6-11)10-22-16(26)23-8-12(15(24)25)14(9-23)18(19,20)21/h2-6,12-14H,7-10H2,1H3,(H,22,26)(H,24,25)/t12-,13+,14-,17+/m1/s1. The minimum atomic E-state index is -4.64. The Morgan fingerprint density at radius 2 is 1.92 bits per heavy atom. The predicted molar refractivity (Wildman–Crippen MR) is 87.5 cm³/mol. The fourth-order valence-corrected chi connectivity index (χ4v) is 3.75. The van der Waals surface area contributed by atoms with E-state index in [1.165, 1.54) is 5.56 Å². The lowest BCUT2D eigenvalue weighted by atomic mass is 9.96. The highest BCUT2D eigenvalue weighted by molar-refractivity contribution is 5.77. The zero-order valence-electron chi connectivity index (χ0n) is 14.3. The number of halogens is 3. The minimum Gasteiger partial charge on any atom is -0.481 e. The molecule has 1 aromatic carbocycles. The Morgan fingerprint density at radius 1 is 1.27 bits per heavy atom. The molecule has 0 radical (unpaired) electrons. The average molecular weight is 370 g/mol. The van der Waals surface area contributed by atoms with Gasteiger partial charge in [0.25, 0.3) is 0 Å². The molecule has 2 aliphatic rings. The normalized spacial score (nSPS) is 30.9. The summed E-state index contributed by atoms with van der Waals surface area (Å²) in [5.41, 5.74) is 1.04. The number of carbonyl (C=O) groups excluding carboxylic acids is 1. The van der Waals surface area contributed by atoms with Crippen LogP contribution in [0.4, 0.5) is 18.0 Å². The smallest absolute Gasteiger partial charge is 0.394 e. The summed E-state index contributed by atoms with van der Waals surface area (Å²) in [4.78, 5) is 24.3. The van der Waals surface area contributed by atoms with Crippen molar-refractivity contribution in [2.75, 3.05) is 19.6 Å². The van der Waals surface area contributed by atoms with Gasteiger partial charge in [0.1, 0.15) is 0 Å². The summed E-state index contributed by atoms with van der Waals surface area (Å²) in [5, 5.41) is 11.7. The Kier molecular flexibility index (Phi) is 4.62. The third kappa shape index (κ3) is 3.64. The number of carboxylic acid groups (broad SMARTS) is 1. The lowest BCUT2D eigenvalue weighted by molar-refractivity contribution is -0.187. The van der Waals surface area contributed by atoms with Crippen LogP contribution in [0.3, 0.4) is 0 Å². The average Bonchev–Trinajstić information content (AvgIpc) is 3.04. The molecule has 1 aliphatic heterocycles. The zero-order valence-corrected chi connectivity index (χ0v) is 14.3. The number of hydrogen-bond donors (Lipinski definition) is 2. The number of carbonyl (C=O) groups is 2. The molecule has 2 amide bonds. The van der Waals surface area contributed by atoms with E-state index >= 15 is 0 Å². The first-order chi connectivity index (χ1) is 12.1. The number of alkyl halides is 3. The Hall–Kier alpha value is -2.25. The number of urea groups is 1. The molecule has 1 saturated carbocycles. The van der Waals surface area contributed by atoms with Gasteiger partial charge in [-0.05, 0) is 23.3 Å². The third-order valence-electron chi connectivity index (χ3n) is 5.54. The number of nitrogens with zero attached hydrogens (tertiary/aromatic N) is 1. The molecule has 0 unspecified atom stereocenters. The van der Waals surface area contributed by atoms with Gasteiger partial charge in [-0.2, -0.15) is 13.2 Å². The number of rotatable bonds is 4. The van der Waals surface area contributed by atoms with Crippen LogP contribution in [0.25, 0.3) is 0 Å². The molecule has 2 N–H and O–H groups in total. The van der Waals surface area contributed by atoms with Gasteiger partial charge in [0.2, 0.25) is 0 Å². The maximum atomic E-state index is 13.0. The van der Waals surface area contributed by atoms with Gasteiger partial charge in [0, 0.05) is 19.6 Å². The van der Waals surface area contributed by atoms with Gasteiger partial charge in [-0.25, -0.2) is 4.79 Å². The van der Waals surface area contributed by atoms with Crippen LogP contribution in [0.5, 0.6) is 0 Å². The molecule has 1 aliphatic carbocycles. The van der Waals surface area contributed by atoms with Crippen molar-refractivity contribution in [3.05, 3.63) is 35.9 Å². The van der Waals surface area contributed by atoms with Crippen LogP contribution in [0.15, 0.2) is 30.3 Å². The van der Waals surface area contributed by atoms with E-state index in [-0.39, 0.29) is 5.41 Å². The van der Waals surface area contributed by atoms with Crippen molar-refractivity contribution in [1.29, 1.82) is 0 Å². The Bertz CT molecular complexity index is 695. The number of aliphatic carboxylic acids is 1. The molecule has 0 spiro atoms. The van der Waals surface area contributed by atoms with Gasteiger partial charge in [0.15, 0.2) is 0 Å². The van der Waals surface area contributed by atoms with Crippen molar-refractivity contribution in [3.8, 4) is 0 Å². The van der Waals surface area contributed by atoms with Crippen LogP contribution < -0.4 is 5.32 Å². The molecule has 0 bridgehead atoms. The maximum absolute atomic E-state index is 13.0. The van der Waals surface area contributed by atoms with E-state index in [1.807, 2.05) is 37.3 Å². The van der Waals surface area contributed by atoms with Gasteiger partial charge in [0.05, 0.1) is 11.8 Å². The van der Waals surface area contributed by atoms with E-state index in [4.69, 9.17) is 5.11 Å². The van der Waals surface area contributed by atoms with Crippen molar-refractivity contribution in [1.82, 2.24) is 10.2 Å². The monoisotopic (exact) mass is 370 g/mol. The Morgan fingerprint density at radius 3 is 2.46 bits per heavy atom. The van der Waals surface area contributed by atoms with Gasteiger partial charge in [-0.1, -0.05) is 37.3 Å². The van der Waals surface area contributed by atoms with Gasteiger partial charge >= 0.3 is 18.2 Å². The molecule has 26 heavy (non-hydrogen) atoms. The molecule has 0 aromatic heterocycles. The van der Waals surface area contributed by atoms with Crippen LogP contribution in [0.2, 0.25) is 0 Å². The van der Waals surface area contributed by atoms with Crippen molar-refractivity contribution >= 4 is 12.0 Å². The summed E-state index contributed by atoms with van der Waals surface area (Å²) in [6.07, 6.45) is -3.75. The van der Waals surface area contributed by atoms with Crippen LogP contribution in [-0.2, 0) is 4.79 Å². The minimum absolute atomic E-state index is 0.133. The Labute approximate surface area is 149 Å². The van der Waals surface area contributed by atoms with Crippen LogP contribution in [0.1, 0.15) is 24.8 Å². The molecule has 1 heterocycles. The molecular weight excluding hydrogens is 349 g/mol. The quantitative estimate of drug-likeness (QED) is 0.856. The highest BCUT2D eigenvalue weighted by Gasteiger charge is 2.54. The second-order valence-corrected chi connectivity index (χ2v) is 7.48. The van der Waals surface area contributed by atoms with Crippen molar-refractivity contribution < 1.29 is 27.9 Å². The third-order valence-corrected chi connectivity index (χ3v) is 5.54. The number of hydrogen-bond acceptors (Lipinski definition) is 2. The van der Waals surface area contributed by atoms with Crippen molar-refractivity contribution in [2.45, 2.75) is 25.4 Å². The number of carboxylic acids is 1. The summed E-state index contributed by atoms with van der Waals surface area (Å²) in [6.45, 7) is 1.32. The number of amides is 2. The molecule has 2 fully saturated rings. The number of nitrogens with one attached hydrogen (secondary N) is 1. The summed E-state index contributed by atoms with van der Waals surface area (Å²) in [5.74, 6) is -4.87. The first kappa shape index (κ1) is 18.5. The topological polar surface area (TPSA) is 69.6 Å². The fraction of sp³-hybridized carbons (Fsp3) is 0.556. The van der Waals surface area contributed by atoms with Crippen molar-refractivity contribution in [2.24, 2.45) is 17.3 Å². The van der Waals surface area contributed by atoms with Crippen LogP contribution in [0, 0.1) is 17.3 Å². The van der Waals surface area contributed by atoms with Crippen molar-refractivity contribution in [3.63, 3.8) is 0 Å².